The first-order chi connectivity index (χ1) is 11.3. The van der Waals surface area contributed by atoms with Gasteiger partial charge >= 0.3 is 0 Å². The van der Waals surface area contributed by atoms with Gasteiger partial charge in [-0.3, -0.25) is 0 Å². The lowest BCUT2D eigenvalue weighted by atomic mass is 9.98. The molecule has 2 heteroatoms. The molecule has 0 bridgehead atoms. The summed E-state index contributed by atoms with van der Waals surface area (Å²) in [5.74, 6) is 0.896. The van der Waals surface area contributed by atoms with Crippen LogP contribution in [0.1, 0.15) is 18.1 Å². The van der Waals surface area contributed by atoms with Crippen molar-refractivity contribution < 1.29 is 4.74 Å². The van der Waals surface area contributed by atoms with Crippen LogP contribution < -0.4 is 4.74 Å². The highest BCUT2D eigenvalue weighted by atomic mass is 79.9. The SMILES string of the molecule is CCc1cc(Br)ccc1-c1ccc(OCc2ccccc2)cc1. The molecule has 0 amide bonds. The van der Waals surface area contributed by atoms with E-state index in [2.05, 4.69) is 65.3 Å². The summed E-state index contributed by atoms with van der Waals surface area (Å²) in [7, 11) is 0. The highest BCUT2D eigenvalue weighted by Gasteiger charge is 2.05. The average molecular weight is 367 g/mol. The topological polar surface area (TPSA) is 9.23 Å². The molecule has 23 heavy (non-hydrogen) atoms. The van der Waals surface area contributed by atoms with Crippen LogP contribution in [0, 0.1) is 0 Å². The van der Waals surface area contributed by atoms with Crippen molar-refractivity contribution in [2.24, 2.45) is 0 Å². The van der Waals surface area contributed by atoms with E-state index in [4.69, 9.17) is 4.74 Å². The zero-order valence-corrected chi connectivity index (χ0v) is 14.7. The molecule has 3 aromatic rings. The van der Waals surface area contributed by atoms with Crippen molar-refractivity contribution in [3.8, 4) is 16.9 Å². The molecule has 0 N–H and O–H groups in total. The monoisotopic (exact) mass is 366 g/mol. The first kappa shape index (κ1) is 15.8. The first-order valence-corrected chi connectivity index (χ1v) is 8.61. The van der Waals surface area contributed by atoms with E-state index in [1.165, 1.54) is 22.3 Å². The standard InChI is InChI=1S/C21H19BrO/c1-2-17-14-19(22)10-13-21(17)18-8-11-20(12-9-18)23-15-16-6-4-3-5-7-16/h3-14H,2,15H2,1H3. The van der Waals surface area contributed by atoms with Gasteiger partial charge in [-0.25, -0.2) is 0 Å². The Kier molecular flexibility index (Phi) is 5.14. The molecule has 0 aliphatic heterocycles. The van der Waals surface area contributed by atoms with Crippen LogP contribution in [0.5, 0.6) is 5.75 Å². The Morgan fingerprint density at radius 3 is 2.30 bits per heavy atom. The molecule has 0 aromatic heterocycles. The summed E-state index contributed by atoms with van der Waals surface area (Å²) in [4.78, 5) is 0. The van der Waals surface area contributed by atoms with Crippen molar-refractivity contribution in [2.75, 3.05) is 0 Å². The quantitative estimate of drug-likeness (QED) is 0.517. The number of halogens is 1. The molecule has 0 aliphatic carbocycles. The van der Waals surface area contributed by atoms with Crippen LogP contribution in [-0.4, -0.2) is 0 Å². The van der Waals surface area contributed by atoms with Crippen LogP contribution >= 0.6 is 15.9 Å². The van der Waals surface area contributed by atoms with E-state index in [1.807, 2.05) is 30.3 Å². The Morgan fingerprint density at radius 2 is 1.61 bits per heavy atom. The molecule has 0 atom stereocenters. The van der Waals surface area contributed by atoms with E-state index in [0.29, 0.717) is 6.61 Å². The van der Waals surface area contributed by atoms with Crippen molar-refractivity contribution in [1.29, 1.82) is 0 Å². The molecule has 0 fully saturated rings. The van der Waals surface area contributed by atoms with Gasteiger partial charge in [-0.05, 0) is 52.9 Å². The minimum Gasteiger partial charge on any atom is -0.489 e. The Balaban J connectivity index is 1.74. The molecule has 0 aliphatic rings. The van der Waals surface area contributed by atoms with E-state index >= 15 is 0 Å². The Hall–Kier alpha value is -2.06. The molecular weight excluding hydrogens is 348 g/mol. The second-order valence-electron chi connectivity index (χ2n) is 5.45. The lowest BCUT2D eigenvalue weighted by Crippen LogP contribution is -1.95. The van der Waals surface area contributed by atoms with Crippen LogP contribution in [0.25, 0.3) is 11.1 Å². The maximum Gasteiger partial charge on any atom is 0.119 e. The Labute approximate surface area is 146 Å². The third kappa shape index (κ3) is 4.02. The van der Waals surface area contributed by atoms with E-state index < -0.39 is 0 Å². The van der Waals surface area contributed by atoms with E-state index in [-0.39, 0.29) is 0 Å². The van der Waals surface area contributed by atoms with Crippen LogP contribution in [0.4, 0.5) is 0 Å². The minimum absolute atomic E-state index is 0.596. The Bertz CT molecular complexity index is 764. The summed E-state index contributed by atoms with van der Waals surface area (Å²) in [6, 6.07) is 25.0. The van der Waals surface area contributed by atoms with E-state index in [1.54, 1.807) is 0 Å². The summed E-state index contributed by atoms with van der Waals surface area (Å²) >= 11 is 3.54. The molecule has 0 heterocycles. The van der Waals surface area contributed by atoms with Gasteiger partial charge in [-0.1, -0.05) is 71.4 Å². The maximum atomic E-state index is 5.85. The Morgan fingerprint density at radius 1 is 0.870 bits per heavy atom. The van der Waals surface area contributed by atoms with Crippen molar-refractivity contribution >= 4 is 15.9 Å². The van der Waals surface area contributed by atoms with Gasteiger partial charge < -0.3 is 4.74 Å². The van der Waals surface area contributed by atoms with Crippen LogP contribution in [0.3, 0.4) is 0 Å². The molecular formula is C21H19BrO. The lowest BCUT2D eigenvalue weighted by molar-refractivity contribution is 0.306. The lowest BCUT2D eigenvalue weighted by Gasteiger charge is -2.11. The summed E-state index contributed by atoms with van der Waals surface area (Å²) in [5, 5.41) is 0. The molecule has 0 spiro atoms. The van der Waals surface area contributed by atoms with Crippen molar-refractivity contribution in [3.63, 3.8) is 0 Å². The maximum absolute atomic E-state index is 5.85. The molecule has 0 unspecified atom stereocenters. The first-order valence-electron chi connectivity index (χ1n) is 7.82. The molecule has 0 saturated carbocycles. The second kappa shape index (κ2) is 7.47. The zero-order valence-electron chi connectivity index (χ0n) is 13.1. The predicted octanol–water partition coefficient (Wildman–Crippen LogP) is 6.26. The van der Waals surface area contributed by atoms with Crippen LogP contribution in [0.15, 0.2) is 77.3 Å². The third-order valence-electron chi connectivity index (χ3n) is 3.86. The molecule has 0 radical (unpaired) electrons. The van der Waals surface area contributed by atoms with Crippen LogP contribution in [-0.2, 0) is 13.0 Å². The van der Waals surface area contributed by atoms with Gasteiger partial charge in [-0.2, -0.15) is 0 Å². The highest BCUT2D eigenvalue weighted by molar-refractivity contribution is 9.10. The summed E-state index contributed by atoms with van der Waals surface area (Å²) in [6.07, 6.45) is 1.01. The number of hydrogen-bond acceptors (Lipinski definition) is 1. The van der Waals surface area contributed by atoms with Gasteiger partial charge in [0, 0.05) is 4.47 Å². The second-order valence-corrected chi connectivity index (χ2v) is 6.37. The number of aryl methyl sites for hydroxylation is 1. The van der Waals surface area contributed by atoms with Gasteiger partial charge in [0.05, 0.1) is 0 Å². The highest BCUT2D eigenvalue weighted by Crippen LogP contribution is 2.28. The van der Waals surface area contributed by atoms with Gasteiger partial charge in [-0.15, -0.1) is 0 Å². The van der Waals surface area contributed by atoms with Crippen LogP contribution in [0.2, 0.25) is 0 Å². The van der Waals surface area contributed by atoms with Gasteiger partial charge in [0.15, 0.2) is 0 Å². The zero-order chi connectivity index (χ0) is 16.1. The van der Waals surface area contributed by atoms with Gasteiger partial charge in [0.25, 0.3) is 0 Å². The normalized spacial score (nSPS) is 10.5. The van der Waals surface area contributed by atoms with Crippen molar-refractivity contribution in [2.45, 2.75) is 20.0 Å². The smallest absolute Gasteiger partial charge is 0.119 e. The molecule has 116 valence electrons. The number of rotatable bonds is 5. The fraction of sp³-hybridized carbons (Fsp3) is 0.143. The van der Waals surface area contributed by atoms with Gasteiger partial charge in [0.1, 0.15) is 12.4 Å². The third-order valence-corrected chi connectivity index (χ3v) is 4.36. The molecule has 0 saturated heterocycles. The molecule has 3 aromatic carbocycles. The van der Waals surface area contributed by atoms with E-state index in [0.717, 1.165) is 16.6 Å². The number of hydrogen-bond donors (Lipinski definition) is 0. The fourth-order valence-corrected chi connectivity index (χ4v) is 3.02. The summed E-state index contributed by atoms with van der Waals surface area (Å²) < 4.78 is 6.98. The van der Waals surface area contributed by atoms with Crippen molar-refractivity contribution in [3.05, 3.63) is 88.4 Å². The summed E-state index contributed by atoms with van der Waals surface area (Å²) in [6.45, 7) is 2.78. The average Bonchev–Trinajstić information content (AvgIpc) is 2.61. The largest absolute Gasteiger partial charge is 0.489 e. The fourth-order valence-electron chi connectivity index (χ4n) is 2.61. The number of ether oxygens (including phenoxy) is 1. The minimum atomic E-state index is 0.596. The number of benzene rings is 3. The van der Waals surface area contributed by atoms with E-state index in [9.17, 15) is 0 Å². The molecule has 3 rings (SSSR count). The summed E-state index contributed by atoms with van der Waals surface area (Å²) in [5.41, 5.74) is 5.03. The van der Waals surface area contributed by atoms with Gasteiger partial charge in [0.2, 0.25) is 0 Å². The predicted molar refractivity (Wildman–Crippen MR) is 99.7 cm³/mol. The van der Waals surface area contributed by atoms with Crippen molar-refractivity contribution in [1.82, 2.24) is 0 Å². The molecule has 1 nitrogen and oxygen atoms in total.